The summed E-state index contributed by atoms with van der Waals surface area (Å²) >= 11 is 0. The molecule has 1 rings (SSSR count). The van der Waals surface area contributed by atoms with E-state index in [1.54, 1.807) is 0 Å². The van der Waals surface area contributed by atoms with Crippen LogP contribution >= 0.6 is 0 Å². The topological polar surface area (TPSA) is 24.1 Å². The largest absolute Gasteiger partial charge is 0.372 e. The third-order valence-electron chi connectivity index (χ3n) is 2.36. The highest BCUT2D eigenvalue weighted by molar-refractivity contribution is 5.14. The quantitative estimate of drug-likeness (QED) is 0.657. The van der Waals surface area contributed by atoms with Gasteiger partial charge in [0, 0.05) is 13.1 Å². The first-order valence-electron chi connectivity index (χ1n) is 4.96. The Morgan fingerprint density at radius 1 is 1.33 bits per heavy atom. The minimum atomic E-state index is 0.656. The van der Waals surface area contributed by atoms with Gasteiger partial charge in [-0.25, -0.2) is 0 Å². The maximum absolute atomic E-state index is 3.42. The molecule has 2 nitrogen and oxygen atoms in total. The van der Waals surface area contributed by atoms with Crippen molar-refractivity contribution in [3.63, 3.8) is 0 Å². The van der Waals surface area contributed by atoms with Crippen molar-refractivity contribution in [3.8, 4) is 0 Å². The molecule has 0 aromatic carbocycles. The Morgan fingerprint density at radius 3 is 2.33 bits per heavy atom. The zero-order valence-corrected chi connectivity index (χ0v) is 8.41. The van der Waals surface area contributed by atoms with E-state index in [1.165, 1.54) is 17.8 Å². The normalized spacial score (nSPS) is 17.2. The van der Waals surface area contributed by atoms with Crippen molar-refractivity contribution in [1.29, 1.82) is 0 Å². The second-order valence-electron chi connectivity index (χ2n) is 3.62. The summed E-state index contributed by atoms with van der Waals surface area (Å²) in [5.41, 5.74) is 1.52. The van der Waals surface area contributed by atoms with E-state index in [0.29, 0.717) is 5.92 Å². The molecule has 0 aliphatic carbocycles. The minimum absolute atomic E-state index is 0.656. The molecule has 0 aromatic heterocycles. The van der Waals surface area contributed by atoms with Gasteiger partial charge in [0.25, 0.3) is 0 Å². The molecule has 1 fully saturated rings. The Morgan fingerprint density at radius 2 is 1.92 bits per heavy atom. The van der Waals surface area contributed by atoms with Crippen molar-refractivity contribution in [2.45, 2.75) is 33.6 Å². The summed E-state index contributed by atoms with van der Waals surface area (Å²) in [6.07, 6.45) is 2.38. The lowest BCUT2D eigenvalue weighted by atomic mass is 10.0. The lowest BCUT2D eigenvalue weighted by molar-refractivity contribution is 0.544. The summed E-state index contributed by atoms with van der Waals surface area (Å²) < 4.78 is 0. The van der Waals surface area contributed by atoms with Crippen LogP contribution in [-0.4, -0.2) is 13.1 Å². The lowest BCUT2D eigenvalue weighted by Gasteiger charge is -2.24. The minimum Gasteiger partial charge on any atom is -0.372 e. The molecule has 1 aliphatic rings. The van der Waals surface area contributed by atoms with Crippen LogP contribution in [0.4, 0.5) is 0 Å². The zero-order valence-electron chi connectivity index (χ0n) is 8.41. The first-order chi connectivity index (χ1) is 5.75. The summed E-state index contributed by atoms with van der Waals surface area (Å²) in [7, 11) is 0. The molecule has 70 valence electrons. The number of nitrogens with one attached hydrogen (secondary N) is 2. The van der Waals surface area contributed by atoms with Crippen LogP contribution in [-0.2, 0) is 0 Å². The van der Waals surface area contributed by atoms with Gasteiger partial charge in [-0.1, -0.05) is 20.8 Å². The fourth-order valence-corrected chi connectivity index (χ4v) is 1.68. The first-order valence-corrected chi connectivity index (χ1v) is 4.96. The van der Waals surface area contributed by atoms with Gasteiger partial charge in [-0.2, -0.15) is 0 Å². The number of hydrogen-bond acceptors (Lipinski definition) is 2. The van der Waals surface area contributed by atoms with Crippen LogP contribution in [0.2, 0.25) is 0 Å². The lowest BCUT2D eigenvalue weighted by Crippen LogP contribution is -2.36. The summed E-state index contributed by atoms with van der Waals surface area (Å²) in [5.74, 6) is 1.95. The van der Waals surface area contributed by atoms with E-state index in [-0.39, 0.29) is 0 Å². The monoisotopic (exact) mass is 168 g/mol. The molecule has 2 N–H and O–H groups in total. The van der Waals surface area contributed by atoms with E-state index >= 15 is 0 Å². The Hall–Kier alpha value is -0.660. The van der Waals surface area contributed by atoms with Crippen molar-refractivity contribution in [2.24, 2.45) is 5.92 Å². The summed E-state index contributed by atoms with van der Waals surface area (Å²) in [6, 6.07) is 0. The van der Waals surface area contributed by atoms with Crippen LogP contribution in [0.25, 0.3) is 0 Å². The van der Waals surface area contributed by atoms with Gasteiger partial charge >= 0.3 is 0 Å². The van der Waals surface area contributed by atoms with Gasteiger partial charge in [-0.05, 0) is 24.3 Å². The van der Waals surface area contributed by atoms with Gasteiger partial charge in [0.2, 0.25) is 0 Å². The maximum Gasteiger partial charge on any atom is 0.0980 e. The first kappa shape index (κ1) is 9.43. The van der Waals surface area contributed by atoms with Crippen molar-refractivity contribution in [1.82, 2.24) is 10.6 Å². The van der Waals surface area contributed by atoms with Crippen LogP contribution in [0.15, 0.2) is 11.4 Å². The van der Waals surface area contributed by atoms with Gasteiger partial charge in [-0.15, -0.1) is 0 Å². The van der Waals surface area contributed by atoms with Crippen molar-refractivity contribution < 1.29 is 0 Å². The van der Waals surface area contributed by atoms with E-state index in [0.717, 1.165) is 19.5 Å². The highest BCUT2D eigenvalue weighted by Gasteiger charge is 2.10. The van der Waals surface area contributed by atoms with Crippen LogP contribution in [0.1, 0.15) is 33.6 Å². The molecule has 2 heteroatoms. The van der Waals surface area contributed by atoms with Gasteiger partial charge in [-0.3, -0.25) is 0 Å². The summed E-state index contributed by atoms with van der Waals surface area (Å²) in [4.78, 5) is 0. The van der Waals surface area contributed by atoms with Crippen LogP contribution in [0, 0.1) is 5.92 Å². The highest BCUT2D eigenvalue weighted by atomic mass is 15.1. The van der Waals surface area contributed by atoms with Gasteiger partial charge in [0.15, 0.2) is 0 Å². The smallest absolute Gasteiger partial charge is 0.0980 e. The second kappa shape index (κ2) is 4.39. The van der Waals surface area contributed by atoms with Crippen LogP contribution in [0.5, 0.6) is 0 Å². The summed E-state index contributed by atoms with van der Waals surface area (Å²) in [5, 5.41) is 6.84. The highest BCUT2D eigenvalue weighted by Crippen LogP contribution is 2.16. The molecule has 0 bridgehead atoms. The number of rotatable bonds is 2. The molecule has 0 spiro atoms. The third kappa shape index (κ3) is 2.16. The van der Waals surface area contributed by atoms with Gasteiger partial charge in [0.1, 0.15) is 0 Å². The Balaban J connectivity index is 2.68. The van der Waals surface area contributed by atoms with Crippen molar-refractivity contribution >= 4 is 0 Å². The molecule has 1 aliphatic heterocycles. The average Bonchev–Trinajstić information content (AvgIpc) is 2.07. The molecule has 0 aromatic rings. The summed E-state index contributed by atoms with van der Waals surface area (Å²) in [6.45, 7) is 8.98. The predicted molar refractivity (Wildman–Crippen MR) is 52.8 cm³/mol. The molecule has 0 atom stereocenters. The Kier molecular flexibility index (Phi) is 3.45. The van der Waals surface area contributed by atoms with E-state index < -0.39 is 0 Å². The maximum atomic E-state index is 3.42. The fraction of sp³-hybridized carbons (Fsp3) is 0.800. The fourth-order valence-electron chi connectivity index (χ4n) is 1.68. The molecule has 0 radical (unpaired) electrons. The number of hydrogen-bond donors (Lipinski definition) is 2. The molecule has 0 saturated carbocycles. The Bertz CT molecular complexity index is 163. The molecule has 0 amide bonds. The zero-order chi connectivity index (χ0) is 8.97. The van der Waals surface area contributed by atoms with Crippen molar-refractivity contribution in [3.05, 3.63) is 11.4 Å². The standard InChI is InChI=1S/C10H20N2/c1-4-9(8(2)3)10-11-6-5-7-12-10/h8,11-12H,4-7H2,1-3H3. The molecular formula is C10H20N2. The molecule has 1 heterocycles. The van der Waals surface area contributed by atoms with E-state index in [9.17, 15) is 0 Å². The molecule has 1 saturated heterocycles. The number of allylic oxidation sites excluding steroid dienone is 1. The SMILES string of the molecule is CCC(=C1NCCCN1)C(C)C. The van der Waals surface area contributed by atoms with Crippen LogP contribution < -0.4 is 10.6 Å². The third-order valence-corrected chi connectivity index (χ3v) is 2.36. The molecule has 12 heavy (non-hydrogen) atoms. The second-order valence-corrected chi connectivity index (χ2v) is 3.62. The average molecular weight is 168 g/mol. The van der Waals surface area contributed by atoms with Gasteiger partial charge < -0.3 is 10.6 Å². The molecular weight excluding hydrogens is 148 g/mol. The van der Waals surface area contributed by atoms with E-state index in [4.69, 9.17) is 0 Å². The predicted octanol–water partition coefficient (Wildman–Crippen LogP) is 1.85. The van der Waals surface area contributed by atoms with Crippen LogP contribution in [0.3, 0.4) is 0 Å². The van der Waals surface area contributed by atoms with E-state index in [2.05, 4.69) is 31.4 Å². The van der Waals surface area contributed by atoms with E-state index in [1.807, 2.05) is 0 Å². The van der Waals surface area contributed by atoms with Crippen molar-refractivity contribution in [2.75, 3.05) is 13.1 Å². The Labute approximate surface area is 75.4 Å². The van der Waals surface area contributed by atoms with Gasteiger partial charge in [0.05, 0.1) is 5.82 Å². The molecule has 0 unspecified atom stereocenters.